The molecule has 1 saturated heterocycles. The van der Waals surface area contributed by atoms with Crippen molar-refractivity contribution in [2.45, 2.75) is 38.3 Å². The van der Waals surface area contributed by atoms with E-state index in [-0.39, 0.29) is 0 Å². The van der Waals surface area contributed by atoms with Gasteiger partial charge in [0.2, 0.25) is 6.79 Å². The second kappa shape index (κ2) is 6.89. The number of fused-ring (bicyclic) bond motifs is 3. The number of hydrogen-bond acceptors (Lipinski definition) is 4. The zero-order valence-corrected chi connectivity index (χ0v) is 16.0. The average molecular weight is 374 g/mol. The number of thiocarbonyl (C=S) groups is 1. The SMILES string of the molecule is S=C(N[C@H]1C[C@H]2CC[C@@H]1C2)N1CCN(Cc2ccc3c(c2)OCO3)CC1. The number of nitrogens with one attached hydrogen (secondary N) is 1. The first-order chi connectivity index (χ1) is 12.7. The van der Waals surface area contributed by atoms with Crippen molar-refractivity contribution in [1.82, 2.24) is 15.1 Å². The van der Waals surface area contributed by atoms with Gasteiger partial charge in [-0.25, -0.2) is 0 Å². The third kappa shape index (κ3) is 3.25. The van der Waals surface area contributed by atoms with E-state index in [1.807, 2.05) is 6.07 Å². The van der Waals surface area contributed by atoms with E-state index in [2.05, 4.69) is 27.2 Å². The van der Waals surface area contributed by atoms with Gasteiger partial charge in [-0.3, -0.25) is 4.90 Å². The molecule has 5 nitrogen and oxygen atoms in total. The maximum Gasteiger partial charge on any atom is 0.231 e. The van der Waals surface area contributed by atoms with Gasteiger partial charge in [0.25, 0.3) is 0 Å². The highest BCUT2D eigenvalue weighted by molar-refractivity contribution is 7.80. The molecule has 2 aliphatic carbocycles. The van der Waals surface area contributed by atoms with E-state index in [0.717, 1.165) is 61.2 Å². The monoisotopic (exact) mass is 373 g/mol. The molecule has 2 bridgehead atoms. The molecule has 26 heavy (non-hydrogen) atoms. The molecule has 2 aliphatic heterocycles. The first-order valence-corrected chi connectivity index (χ1v) is 10.3. The summed E-state index contributed by atoms with van der Waals surface area (Å²) in [7, 11) is 0. The topological polar surface area (TPSA) is 37.0 Å². The van der Waals surface area contributed by atoms with Gasteiger partial charge in [0.1, 0.15) is 0 Å². The molecule has 0 spiro atoms. The van der Waals surface area contributed by atoms with Crippen LogP contribution in [0.3, 0.4) is 0 Å². The van der Waals surface area contributed by atoms with Crippen LogP contribution in [0.1, 0.15) is 31.2 Å². The summed E-state index contributed by atoms with van der Waals surface area (Å²) in [5.74, 6) is 3.55. The van der Waals surface area contributed by atoms with Crippen LogP contribution in [-0.4, -0.2) is 53.9 Å². The molecule has 5 rings (SSSR count). The van der Waals surface area contributed by atoms with E-state index < -0.39 is 0 Å². The van der Waals surface area contributed by atoms with Gasteiger partial charge in [-0.2, -0.15) is 0 Å². The van der Waals surface area contributed by atoms with Crippen LogP contribution < -0.4 is 14.8 Å². The molecule has 3 atom stereocenters. The number of nitrogens with zero attached hydrogens (tertiary/aromatic N) is 2. The number of ether oxygens (including phenoxy) is 2. The summed E-state index contributed by atoms with van der Waals surface area (Å²) in [5, 5.41) is 4.66. The van der Waals surface area contributed by atoms with Crippen LogP contribution in [0.4, 0.5) is 0 Å². The fourth-order valence-corrected chi connectivity index (χ4v) is 5.41. The van der Waals surface area contributed by atoms with Gasteiger partial charge in [0.15, 0.2) is 16.6 Å². The summed E-state index contributed by atoms with van der Waals surface area (Å²) in [6, 6.07) is 6.90. The van der Waals surface area contributed by atoms with Crippen molar-refractivity contribution in [2.24, 2.45) is 11.8 Å². The van der Waals surface area contributed by atoms with Crippen LogP contribution in [-0.2, 0) is 6.54 Å². The summed E-state index contributed by atoms with van der Waals surface area (Å²) in [5.41, 5.74) is 1.28. The highest BCUT2D eigenvalue weighted by Gasteiger charge is 2.40. The van der Waals surface area contributed by atoms with Crippen molar-refractivity contribution in [3.63, 3.8) is 0 Å². The van der Waals surface area contributed by atoms with Crippen LogP contribution in [0.2, 0.25) is 0 Å². The van der Waals surface area contributed by atoms with Gasteiger partial charge in [-0.1, -0.05) is 12.5 Å². The smallest absolute Gasteiger partial charge is 0.231 e. The van der Waals surface area contributed by atoms with Gasteiger partial charge in [0, 0.05) is 38.8 Å². The number of piperazine rings is 1. The molecule has 6 heteroatoms. The molecule has 1 aromatic rings. The molecule has 1 N–H and O–H groups in total. The van der Waals surface area contributed by atoms with E-state index in [1.165, 1.54) is 31.2 Å². The van der Waals surface area contributed by atoms with E-state index >= 15 is 0 Å². The summed E-state index contributed by atoms with van der Waals surface area (Å²) in [6.45, 7) is 5.41. The maximum absolute atomic E-state index is 5.71. The zero-order valence-electron chi connectivity index (χ0n) is 15.2. The lowest BCUT2D eigenvalue weighted by atomic mass is 9.95. The third-order valence-electron chi connectivity index (χ3n) is 6.55. The Kier molecular flexibility index (Phi) is 4.41. The summed E-state index contributed by atoms with van der Waals surface area (Å²) in [4.78, 5) is 4.85. The van der Waals surface area contributed by atoms with E-state index in [0.29, 0.717) is 12.8 Å². The van der Waals surface area contributed by atoms with Crippen molar-refractivity contribution < 1.29 is 9.47 Å². The lowest BCUT2D eigenvalue weighted by molar-refractivity contribution is 0.171. The van der Waals surface area contributed by atoms with Crippen molar-refractivity contribution in [1.29, 1.82) is 0 Å². The fraction of sp³-hybridized carbons (Fsp3) is 0.650. The van der Waals surface area contributed by atoms with E-state index in [4.69, 9.17) is 21.7 Å². The van der Waals surface area contributed by atoms with Gasteiger partial charge in [0.05, 0.1) is 0 Å². The molecule has 0 radical (unpaired) electrons. The Hall–Kier alpha value is -1.53. The van der Waals surface area contributed by atoms with E-state index in [1.54, 1.807) is 0 Å². The Labute approximate surface area is 160 Å². The van der Waals surface area contributed by atoms with Gasteiger partial charge < -0.3 is 19.7 Å². The predicted octanol–water partition coefficient (Wildman–Crippen LogP) is 2.60. The summed E-state index contributed by atoms with van der Waals surface area (Å²) in [6.07, 6.45) is 5.58. The Balaban J connectivity index is 1.11. The average Bonchev–Trinajstić information content (AvgIpc) is 3.38. The van der Waals surface area contributed by atoms with Crippen molar-refractivity contribution in [3.05, 3.63) is 23.8 Å². The van der Waals surface area contributed by atoms with E-state index in [9.17, 15) is 0 Å². The van der Waals surface area contributed by atoms with Crippen LogP contribution in [0.25, 0.3) is 0 Å². The molecule has 140 valence electrons. The van der Waals surface area contributed by atoms with Gasteiger partial charge in [-0.05, 0) is 61.0 Å². The number of hydrogen-bond donors (Lipinski definition) is 1. The summed E-state index contributed by atoms with van der Waals surface area (Å²) < 4.78 is 10.9. The first-order valence-electron chi connectivity index (χ1n) is 9.91. The van der Waals surface area contributed by atoms with Crippen LogP contribution in [0, 0.1) is 11.8 Å². The molecule has 0 amide bonds. The Morgan fingerprint density at radius 1 is 1.08 bits per heavy atom. The zero-order chi connectivity index (χ0) is 17.5. The lowest BCUT2D eigenvalue weighted by Crippen LogP contribution is -2.53. The second-order valence-electron chi connectivity index (χ2n) is 8.18. The highest BCUT2D eigenvalue weighted by Crippen LogP contribution is 2.44. The molecule has 0 aromatic heterocycles. The number of rotatable bonds is 3. The van der Waals surface area contributed by atoms with Crippen LogP contribution in [0.15, 0.2) is 18.2 Å². The Bertz CT molecular complexity index is 690. The molecule has 1 aromatic carbocycles. The minimum absolute atomic E-state index is 0.338. The van der Waals surface area contributed by atoms with Crippen molar-refractivity contribution in [2.75, 3.05) is 33.0 Å². The highest BCUT2D eigenvalue weighted by atomic mass is 32.1. The van der Waals surface area contributed by atoms with Crippen molar-refractivity contribution >= 4 is 17.3 Å². The quantitative estimate of drug-likeness (QED) is 0.821. The normalized spacial score (nSPS) is 30.0. The third-order valence-corrected chi connectivity index (χ3v) is 6.93. The summed E-state index contributed by atoms with van der Waals surface area (Å²) >= 11 is 5.71. The molecule has 2 heterocycles. The van der Waals surface area contributed by atoms with Gasteiger partial charge in [-0.15, -0.1) is 0 Å². The first kappa shape index (κ1) is 16.6. The van der Waals surface area contributed by atoms with Crippen LogP contribution in [0.5, 0.6) is 11.5 Å². The standard InChI is InChI=1S/C20H27N3O2S/c26-20(21-17-10-14-1-3-16(17)9-14)23-7-5-22(6-8-23)12-15-2-4-18-19(11-15)25-13-24-18/h2,4,11,14,16-17H,1,3,5-10,12-13H2,(H,21,26)/t14-,16+,17-/m0/s1. The molecular weight excluding hydrogens is 346 g/mol. The molecular formula is C20H27N3O2S. The second-order valence-corrected chi connectivity index (χ2v) is 8.57. The molecule has 3 fully saturated rings. The predicted molar refractivity (Wildman–Crippen MR) is 104 cm³/mol. The molecule has 0 unspecified atom stereocenters. The van der Waals surface area contributed by atoms with Crippen molar-refractivity contribution in [3.8, 4) is 11.5 Å². The minimum atomic E-state index is 0.338. The largest absolute Gasteiger partial charge is 0.454 e. The molecule has 2 saturated carbocycles. The fourth-order valence-electron chi connectivity index (χ4n) is 5.08. The van der Waals surface area contributed by atoms with Crippen LogP contribution >= 0.6 is 12.2 Å². The Morgan fingerprint density at radius 3 is 2.69 bits per heavy atom. The minimum Gasteiger partial charge on any atom is -0.454 e. The maximum atomic E-state index is 5.71. The van der Waals surface area contributed by atoms with Gasteiger partial charge >= 0.3 is 0 Å². The molecule has 4 aliphatic rings. The Morgan fingerprint density at radius 2 is 1.92 bits per heavy atom. The lowest BCUT2D eigenvalue weighted by Gasteiger charge is -2.37. The number of benzene rings is 1.